The lowest BCUT2D eigenvalue weighted by Crippen LogP contribution is -2.52. The minimum absolute atomic E-state index is 0.151. The van der Waals surface area contributed by atoms with Crippen molar-refractivity contribution in [2.75, 3.05) is 19.7 Å². The summed E-state index contributed by atoms with van der Waals surface area (Å²) in [4.78, 5) is 25.4. The first-order valence-electron chi connectivity index (χ1n) is 7.44. The average molecular weight is 305 g/mol. The summed E-state index contributed by atoms with van der Waals surface area (Å²) in [7, 11) is 0. The van der Waals surface area contributed by atoms with Crippen molar-refractivity contribution in [2.24, 2.45) is 11.8 Å². The number of rotatable bonds is 2. The van der Waals surface area contributed by atoms with Crippen LogP contribution in [0.2, 0.25) is 0 Å². The van der Waals surface area contributed by atoms with Crippen LogP contribution in [0.4, 0.5) is 0 Å². The molecule has 6 nitrogen and oxygen atoms in total. The maximum Gasteiger partial charge on any atom is 0.308 e. The van der Waals surface area contributed by atoms with Gasteiger partial charge in [0.25, 0.3) is 5.91 Å². The number of aliphatic carboxylic acids is 1. The summed E-state index contributed by atoms with van der Waals surface area (Å²) in [6.07, 6.45) is -0.112. The van der Waals surface area contributed by atoms with Crippen molar-refractivity contribution in [1.82, 2.24) is 4.90 Å². The van der Waals surface area contributed by atoms with Crippen molar-refractivity contribution in [3.63, 3.8) is 0 Å². The standard InChI is InChI=1S/C16H19NO5/c1-10-6-11(16(19)20)8-17(7-10)15(18)14-9-21-12-4-2-3-5-13(12)22-14/h2-5,10-11,14H,6-9H2,1H3,(H,19,20). The molecule has 1 amide bonds. The second kappa shape index (κ2) is 5.87. The van der Waals surface area contributed by atoms with E-state index in [1.54, 1.807) is 17.0 Å². The zero-order valence-electron chi connectivity index (χ0n) is 12.4. The van der Waals surface area contributed by atoms with Crippen LogP contribution in [0.25, 0.3) is 0 Å². The van der Waals surface area contributed by atoms with Gasteiger partial charge in [-0.3, -0.25) is 9.59 Å². The molecule has 0 bridgehead atoms. The van der Waals surface area contributed by atoms with Crippen LogP contribution in [0.5, 0.6) is 11.5 Å². The molecule has 1 N–H and O–H groups in total. The van der Waals surface area contributed by atoms with E-state index in [0.29, 0.717) is 24.5 Å². The second-order valence-electron chi connectivity index (χ2n) is 5.98. The third-order valence-electron chi connectivity index (χ3n) is 4.10. The van der Waals surface area contributed by atoms with Crippen molar-refractivity contribution in [2.45, 2.75) is 19.4 Å². The van der Waals surface area contributed by atoms with Crippen LogP contribution in [-0.4, -0.2) is 47.7 Å². The van der Waals surface area contributed by atoms with Gasteiger partial charge >= 0.3 is 5.97 Å². The molecule has 2 aliphatic rings. The molecule has 1 aromatic carbocycles. The molecule has 0 saturated carbocycles. The van der Waals surface area contributed by atoms with Crippen molar-refractivity contribution in [3.05, 3.63) is 24.3 Å². The van der Waals surface area contributed by atoms with Gasteiger partial charge in [0.2, 0.25) is 6.10 Å². The predicted molar refractivity (Wildman–Crippen MR) is 77.8 cm³/mol. The number of amides is 1. The Hall–Kier alpha value is -2.24. The van der Waals surface area contributed by atoms with Crippen LogP contribution >= 0.6 is 0 Å². The molecule has 0 spiro atoms. The highest BCUT2D eigenvalue weighted by Gasteiger charge is 2.37. The van der Waals surface area contributed by atoms with Crippen molar-refractivity contribution >= 4 is 11.9 Å². The molecular weight excluding hydrogens is 286 g/mol. The third kappa shape index (κ3) is 2.86. The Labute approximate surface area is 128 Å². The minimum atomic E-state index is -0.851. The molecule has 0 aliphatic carbocycles. The maximum atomic E-state index is 12.6. The summed E-state index contributed by atoms with van der Waals surface area (Å²) in [5.74, 6) is -0.225. The molecular formula is C16H19NO5. The number of nitrogens with zero attached hydrogens (tertiary/aromatic N) is 1. The Kier molecular flexibility index (Phi) is 3.92. The molecule has 22 heavy (non-hydrogen) atoms. The van der Waals surface area contributed by atoms with E-state index in [-0.39, 0.29) is 25.0 Å². The van der Waals surface area contributed by atoms with E-state index < -0.39 is 18.0 Å². The van der Waals surface area contributed by atoms with Gasteiger partial charge < -0.3 is 19.5 Å². The Bertz CT molecular complexity index is 588. The van der Waals surface area contributed by atoms with Crippen molar-refractivity contribution in [1.29, 1.82) is 0 Å². The van der Waals surface area contributed by atoms with E-state index in [2.05, 4.69) is 0 Å². The van der Waals surface area contributed by atoms with Gasteiger partial charge in [-0.1, -0.05) is 19.1 Å². The Morgan fingerprint density at radius 1 is 1.23 bits per heavy atom. The molecule has 3 rings (SSSR count). The lowest BCUT2D eigenvalue weighted by atomic mass is 9.90. The van der Waals surface area contributed by atoms with Crippen LogP contribution in [-0.2, 0) is 9.59 Å². The Morgan fingerprint density at radius 2 is 1.95 bits per heavy atom. The topological polar surface area (TPSA) is 76.1 Å². The highest BCUT2D eigenvalue weighted by atomic mass is 16.6. The van der Waals surface area contributed by atoms with Crippen LogP contribution in [0.1, 0.15) is 13.3 Å². The van der Waals surface area contributed by atoms with E-state index in [1.165, 1.54) is 0 Å². The van der Waals surface area contributed by atoms with E-state index in [0.717, 1.165) is 0 Å². The number of hydrogen-bond donors (Lipinski definition) is 1. The summed E-state index contributed by atoms with van der Waals surface area (Å²) in [5, 5.41) is 9.20. The Balaban J connectivity index is 1.70. The Morgan fingerprint density at radius 3 is 2.68 bits per heavy atom. The number of likely N-dealkylation sites (tertiary alicyclic amines) is 1. The minimum Gasteiger partial charge on any atom is -0.485 e. The molecule has 1 aromatic rings. The number of carboxylic acid groups (broad SMARTS) is 1. The lowest BCUT2D eigenvalue weighted by Gasteiger charge is -2.37. The van der Waals surface area contributed by atoms with Crippen molar-refractivity contribution in [3.8, 4) is 11.5 Å². The summed E-state index contributed by atoms with van der Waals surface area (Å²) >= 11 is 0. The first-order valence-corrected chi connectivity index (χ1v) is 7.44. The second-order valence-corrected chi connectivity index (χ2v) is 5.98. The fourth-order valence-corrected chi connectivity index (χ4v) is 3.06. The van der Waals surface area contributed by atoms with E-state index in [4.69, 9.17) is 9.47 Å². The van der Waals surface area contributed by atoms with Crippen LogP contribution in [0.15, 0.2) is 24.3 Å². The van der Waals surface area contributed by atoms with Crippen LogP contribution < -0.4 is 9.47 Å². The van der Waals surface area contributed by atoms with Gasteiger partial charge in [0, 0.05) is 13.1 Å². The zero-order valence-corrected chi connectivity index (χ0v) is 12.4. The quantitative estimate of drug-likeness (QED) is 0.893. The number of hydrogen-bond acceptors (Lipinski definition) is 4. The lowest BCUT2D eigenvalue weighted by molar-refractivity contribution is -0.150. The van der Waals surface area contributed by atoms with Gasteiger partial charge in [0.05, 0.1) is 5.92 Å². The molecule has 3 unspecified atom stereocenters. The summed E-state index contributed by atoms with van der Waals surface area (Å²) in [6.45, 7) is 2.91. The molecule has 0 aromatic heterocycles. The smallest absolute Gasteiger partial charge is 0.308 e. The molecule has 6 heteroatoms. The molecule has 0 radical (unpaired) electrons. The van der Waals surface area contributed by atoms with Gasteiger partial charge in [-0.15, -0.1) is 0 Å². The number of benzene rings is 1. The predicted octanol–water partition coefficient (Wildman–Crippen LogP) is 1.40. The van der Waals surface area contributed by atoms with Gasteiger partial charge in [-0.2, -0.15) is 0 Å². The van der Waals surface area contributed by atoms with E-state index in [1.807, 2.05) is 19.1 Å². The third-order valence-corrected chi connectivity index (χ3v) is 4.10. The monoisotopic (exact) mass is 305 g/mol. The molecule has 2 heterocycles. The van der Waals surface area contributed by atoms with E-state index in [9.17, 15) is 14.7 Å². The molecule has 118 valence electrons. The number of ether oxygens (including phenoxy) is 2. The number of carbonyl (C=O) groups is 2. The number of para-hydroxylation sites is 2. The SMILES string of the molecule is CC1CC(C(=O)O)CN(C(=O)C2COc3ccccc3O2)C1. The highest BCUT2D eigenvalue weighted by molar-refractivity contribution is 5.83. The highest BCUT2D eigenvalue weighted by Crippen LogP contribution is 2.32. The fourth-order valence-electron chi connectivity index (χ4n) is 3.06. The number of piperidine rings is 1. The molecule has 3 atom stereocenters. The fraction of sp³-hybridized carbons (Fsp3) is 0.500. The van der Waals surface area contributed by atoms with Crippen molar-refractivity contribution < 1.29 is 24.2 Å². The molecule has 1 fully saturated rings. The van der Waals surface area contributed by atoms with Gasteiger partial charge in [0.15, 0.2) is 11.5 Å². The summed E-state index contributed by atoms with van der Waals surface area (Å²) in [6, 6.07) is 7.21. The number of carbonyl (C=O) groups excluding carboxylic acids is 1. The number of fused-ring (bicyclic) bond motifs is 1. The normalized spacial score (nSPS) is 27.3. The van der Waals surface area contributed by atoms with Gasteiger partial charge in [-0.25, -0.2) is 0 Å². The number of carboxylic acids is 1. The summed E-state index contributed by atoms with van der Waals surface area (Å²) in [5.41, 5.74) is 0. The van der Waals surface area contributed by atoms with Crippen LogP contribution in [0, 0.1) is 11.8 Å². The maximum absolute atomic E-state index is 12.6. The first-order chi connectivity index (χ1) is 10.5. The van der Waals surface area contributed by atoms with Gasteiger partial charge in [-0.05, 0) is 24.5 Å². The summed E-state index contributed by atoms with van der Waals surface area (Å²) < 4.78 is 11.3. The zero-order chi connectivity index (χ0) is 15.7. The van der Waals surface area contributed by atoms with Gasteiger partial charge in [0.1, 0.15) is 6.61 Å². The molecule has 1 saturated heterocycles. The average Bonchev–Trinajstić information content (AvgIpc) is 2.53. The van der Waals surface area contributed by atoms with Crippen LogP contribution in [0.3, 0.4) is 0 Å². The first kappa shape index (κ1) is 14.7. The molecule has 2 aliphatic heterocycles. The largest absolute Gasteiger partial charge is 0.485 e. The van der Waals surface area contributed by atoms with E-state index >= 15 is 0 Å².